The van der Waals surface area contributed by atoms with Crippen LogP contribution in [0.25, 0.3) is 0 Å². The lowest BCUT2D eigenvalue weighted by Crippen LogP contribution is -2.38. The van der Waals surface area contributed by atoms with Gasteiger partial charge >= 0.3 is 0 Å². The van der Waals surface area contributed by atoms with Crippen LogP contribution in [-0.2, 0) is 16.8 Å². The molecule has 0 aliphatic rings. The fourth-order valence-electron chi connectivity index (χ4n) is 1.33. The van der Waals surface area contributed by atoms with Crippen LogP contribution in [0.2, 0.25) is 0 Å². The summed E-state index contributed by atoms with van der Waals surface area (Å²) in [5, 5.41) is 8.68. The van der Waals surface area contributed by atoms with Gasteiger partial charge in [-0.3, -0.25) is 0 Å². The quantitative estimate of drug-likeness (QED) is 0.688. The van der Waals surface area contributed by atoms with Crippen molar-refractivity contribution in [2.75, 3.05) is 27.3 Å². The number of hydrogen-bond acceptors (Lipinski definition) is 5. The molecule has 108 valence electrons. The first-order valence-electron chi connectivity index (χ1n) is 5.80. The average molecular weight is 289 g/mol. The number of methoxy groups -OCH3 is 1. The van der Waals surface area contributed by atoms with Crippen molar-refractivity contribution in [3.05, 3.63) is 23.9 Å². The minimum Gasteiger partial charge on any atom is -0.481 e. The molecule has 1 aromatic heterocycles. The highest BCUT2D eigenvalue weighted by Gasteiger charge is 2.16. The standard InChI is InChI=1S/C11H19N3O4S/c1-14(6-3-7-15)19(16,17)13-9-10-4-5-11(18-2)12-8-10/h4-5,8,13,15H,3,6-7,9H2,1-2H3. The fraction of sp³-hybridized carbons (Fsp3) is 0.545. The third-order valence-corrected chi connectivity index (χ3v) is 4.02. The zero-order valence-electron chi connectivity index (χ0n) is 11.0. The summed E-state index contributed by atoms with van der Waals surface area (Å²) in [5.41, 5.74) is 0.736. The second-order valence-corrected chi connectivity index (χ2v) is 5.80. The molecule has 1 heterocycles. The van der Waals surface area contributed by atoms with Crippen LogP contribution in [0.4, 0.5) is 0 Å². The van der Waals surface area contributed by atoms with E-state index in [1.54, 1.807) is 18.3 Å². The van der Waals surface area contributed by atoms with Gasteiger partial charge in [-0.05, 0) is 12.0 Å². The Hall–Kier alpha value is -1.22. The average Bonchev–Trinajstić information content (AvgIpc) is 2.43. The summed E-state index contributed by atoms with van der Waals surface area (Å²) >= 11 is 0. The van der Waals surface area contributed by atoms with E-state index in [2.05, 4.69) is 9.71 Å². The topological polar surface area (TPSA) is 91.8 Å². The lowest BCUT2D eigenvalue weighted by molar-refractivity contribution is 0.275. The van der Waals surface area contributed by atoms with Crippen LogP contribution in [0.3, 0.4) is 0 Å². The van der Waals surface area contributed by atoms with Gasteiger partial charge in [-0.2, -0.15) is 17.4 Å². The van der Waals surface area contributed by atoms with Crippen molar-refractivity contribution < 1.29 is 18.3 Å². The molecule has 0 bridgehead atoms. The van der Waals surface area contributed by atoms with Gasteiger partial charge in [0.1, 0.15) is 0 Å². The van der Waals surface area contributed by atoms with Crippen molar-refractivity contribution in [1.82, 2.24) is 14.0 Å². The van der Waals surface area contributed by atoms with E-state index >= 15 is 0 Å². The Bertz CT molecular complexity index is 475. The number of ether oxygens (including phenoxy) is 1. The van der Waals surface area contributed by atoms with Crippen molar-refractivity contribution in [2.24, 2.45) is 0 Å². The van der Waals surface area contributed by atoms with Gasteiger partial charge in [0, 0.05) is 39.0 Å². The van der Waals surface area contributed by atoms with Crippen molar-refractivity contribution in [3.8, 4) is 5.88 Å². The van der Waals surface area contributed by atoms with Crippen molar-refractivity contribution in [3.63, 3.8) is 0 Å². The normalized spacial score (nSPS) is 11.8. The molecule has 1 aromatic rings. The van der Waals surface area contributed by atoms with Crippen LogP contribution in [-0.4, -0.2) is 50.1 Å². The molecule has 1 rings (SSSR count). The summed E-state index contributed by atoms with van der Waals surface area (Å²) in [4.78, 5) is 3.99. The minimum absolute atomic E-state index is 0.0394. The monoisotopic (exact) mass is 289 g/mol. The molecular weight excluding hydrogens is 270 g/mol. The largest absolute Gasteiger partial charge is 0.481 e. The molecule has 0 aromatic carbocycles. The van der Waals surface area contributed by atoms with Crippen LogP contribution in [0.5, 0.6) is 5.88 Å². The molecule has 7 nitrogen and oxygen atoms in total. The van der Waals surface area contributed by atoms with Crippen molar-refractivity contribution >= 4 is 10.2 Å². The highest BCUT2D eigenvalue weighted by Crippen LogP contribution is 2.07. The molecule has 8 heteroatoms. The summed E-state index contributed by atoms with van der Waals surface area (Å²) in [5.74, 6) is 0.478. The van der Waals surface area contributed by atoms with E-state index < -0.39 is 10.2 Å². The number of aliphatic hydroxyl groups is 1. The maximum atomic E-state index is 11.8. The van der Waals surface area contributed by atoms with Gasteiger partial charge in [0.25, 0.3) is 10.2 Å². The SMILES string of the molecule is COc1ccc(CNS(=O)(=O)N(C)CCCO)cn1. The Balaban J connectivity index is 2.54. The molecule has 0 saturated heterocycles. The number of nitrogens with zero attached hydrogens (tertiary/aromatic N) is 2. The summed E-state index contributed by atoms with van der Waals surface area (Å²) in [6.45, 7) is 0.387. The van der Waals surface area contributed by atoms with Gasteiger partial charge in [-0.1, -0.05) is 6.07 Å². The Labute approximate surface area is 113 Å². The van der Waals surface area contributed by atoms with Crippen LogP contribution in [0.15, 0.2) is 18.3 Å². The van der Waals surface area contributed by atoms with E-state index in [1.807, 2.05) is 0 Å². The molecule has 0 spiro atoms. The molecule has 0 unspecified atom stereocenters. The van der Waals surface area contributed by atoms with Gasteiger partial charge in [-0.15, -0.1) is 0 Å². The van der Waals surface area contributed by atoms with Crippen LogP contribution < -0.4 is 9.46 Å². The first-order valence-corrected chi connectivity index (χ1v) is 7.24. The molecule has 0 aliphatic heterocycles. The maximum Gasteiger partial charge on any atom is 0.279 e. The highest BCUT2D eigenvalue weighted by atomic mass is 32.2. The lowest BCUT2D eigenvalue weighted by Gasteiger charge is -2.17. The number of nitrogens with one attached hydrogen (secondary N) is 1. The van der Waals surface area contributed by atoms with E-state index in [4.69, 9.17) is 9.84 Å². The number of pyridine rings is 1. The molecule has 0 amide bonds. The number of aromatic nitrogens is 1. The molecule has 19 heavy (non-hydrogen) atoms. The van der Waals surface area contributed by atoms with Crippen LogP contribution >= 0.6 is 0 Å². The second kappa shape index (κ2) is 7.39. The molecule has 0 fully saturated rings. The summed E-state index contributed by atoms with van der Waals surface area (Å²) in [6.07, 6.45) is 1.95. The number of hydrogen-bond donors (Lipinski definition) is 2. The highest BCUT2D eigenvalue weighted by molar-refractivity contribution is 7.87. The number of aliphatic hydroxyl groups excluding tert-OH is 1. The lowest BCUT2D eigenvalue weighted by atomic mass is 10.3. The first kappa shape index (κ1) is 15.8. The van der Waals surface area contributed by atoms with E-state index in [9.17, 15) is 8.42 Å². The molecular formula is C11H19N3O4S. The predicted octanol–water partition coefficient (Wildman–Crippen LogP) is -0.261. The maximum absolute atomic E-state index is 11.8. The zero-order valence-corrected chi connectivity index (χ0v) is 11.9. The summed E-state index contributed by atoms with van der Waals surface area (Å²) < 4.78 is 32.2. The third-order valence-electron chi connectivity index (χ3n) is 2.51. The fourth-order valence-corrected chi connectivity index (χ4v) is 2.27. The van der Waals surface area contributed by atoms with Crippen LogP contribution in [0.1, 0.15) is 12.0 Å². The van der Waals surface area contributed by atoms with Crippen molar-refractivity contribution in [2.45, 2.75) is 13.0 Å². The van der Waals surface area contributed by atoms with Crippen LogP contribution in [0, 0.1) is 0 Å². The van der Waals surface area contributed by atoms with Crippen molar-refractivity contribution in [1.29, 1.82) is 0 Å². The molecule has 0 radical (unpaired) electrons. The molecule has 0 aliphatic carbocycles. The molecule has 0 atom stereocenters. The predicted molar refractivity (Wildman–Crippen MR) is 70.9 cm³/mol. The van der Waals surface area contributed by atoms with Gasteiger partial charge in [0.05, 0.1) is 7.11 Å². The first-order chi connectivity index (χ1) is 8.99. The van der Waals surface area contributed by atoms with E-state index in [0.717, 1.165) is 5.56 Å². The van der Waals surface area contributed by atoms with E-state index in [1.165, 1.54) is 18.5 Å². The second-order valence-electron chi connectivity index (χ2n) is 3.93. The van der Waals surface area contributed by atoms with Gasteiger partial charge in [0.2, 0.25) is 5.88 Å². The third kappa shape index (κ3) is 5.11. The molecule has 2 N–H and O–H groups in total. The van der Waals surface area contributed by atoms with Gasteiger partial charge in [0.15, 0.2) is 0 Å². The molecule has 0 saturated carbocycles. The van der Waals surface area contributed by atoms with Gasteiger partial charge in [-0.25, -0.2) is 4.98 Å². The summed E-state index contributed by atoms with van der Waals surface area (Å²) in [6, 6.07) is 3.40. The van der Waals surface area contributed by atoms with E-state index in [0.29, 0.717) is 12.3 Å². The number of rotatable bonds is 8. The Morgan fingerprint density at radius 3 is 2.74 bits per heavy atom. The Morgan fingerprint density at radius 2 is 2.21 bits per heavy atom. The Kier molecular flexibility index (Phi) is 6.16. The summed E-state index contributed by atoms with van der Waals surface area (Å²) in [7, 11) is -0.556. The van der Waals surface area contributed by atoms with E-state index in [-0.39, 0.29) is 19.7 Å². The Morgan fingerprint density at radius 1 is 1.47 bits per heavy atom. The zero-order chi connectivity index (χ0) is 14.3. The smallest absolute Gasteiger partial charge is 0.279 e. The van der Waals surface area contributed by atoms with Gasteiger partial charge < -0.3 is 9.84 Å². The minimum atomic E-state index is -3.53.